The molecule has 0 bridgehead atoms. The van der Waals surface area contributed by atoms with Crippen molar-refractivity contribution in [3.63, 3.8) is 0 Å². The molecule has 0 spiro atoms. The lowest BCUT2D eigenvalue weighted by Gasteiger charge is -2.18. The molecule has 0 amide bonds. The van der Waals surface area contributed by atoms with Gasteiger partial charge in [0.05, 0.1) is 0 Å². The molecule has 0 heterocycles. The minimum Gasteiger partial charge on any atom is -0.462 e. The fraction of sp³-hybridized carbons (Fsp3) is 0.942. The normalized spacial score (nSPS) is 12.1. The standard InChI is InChI=1S/C52H100O6/c1-6-7-8-9-10-11-12-14-19-22-29-34-39-44-52(55)58-49(46-57-51(54)43-38-33-28-24-23-26-31-36-41-48(4)5)45-56-50(53)42-37-32-27-21-18-16-13-15-17-20-25-30-35-40-47(2)3/h47-49H,6-46H2,1-5H3/t49-/m1/s1. The molecule has 0 aromatic heterocycles. The molecule has 1 atom stereocenters. The Morgan fingerprint density at radius 1 is 0.328 bits per heavy atom. The summed E-state index contributed by atoms with van der Waals surface area (Å²) in [6.07, 6.45) is 45.2. The Morgan fingerprint density at radius 2 is 0.569 bits per heavy atom. The predicted octanol–water partition coefficient (Wildman–Crippen LogP) is 16.5. The highest BCUT2D eigenvalue weighted by atomic mass is 16.6. The number of ether oxygens (including phenoxy) is 3. The highest BCUT2D eigenvalue weighted by Gasteiger charge is 2.19. The average Bonchev–Trinajstić information content (AvgIpc) is 3.19. The molecule has 344 valence electrons. The van der Waals surface area contributed by atoms with E-state index in [9.17, 15) is 14.4 Å². The SMILES string of the molecule is CCCCCCCCCCCCCCCC(=O)O[C@H](COC(=O)CCCCCCCCCCCCCCCC(C)C)COC(=O)CCCCCCCCCCC(C)C. The van der Waals surface area contributed by atoms with Gasteiger partial charge in [-0.05, 0) is 31.1 Å². The number of hydrogen-bond acceptors (Lipinski definition) is 6. The molecule has 0 rings (SSSR count). The average molecular weight is 821 g/mol. The molecule has 0 aromatic carbocycles. The van der Waals surface area contributed by atoms with E-state index < -0.39 is 6.10 Å². The summed E-state index contributed by atoms with van der Waals surface area (Å²) in [5.74, 6) is 0.787. The molecule has 0 saturated heterocycles. The molecule has 0 aliphatic carbocycles. The highest BCUT2D eigenvalue weighted by molar-refractivity contribution is 5.71. The van der Waals surface area contributed by atoms with Crippen LogP contribution in [0.3, 0.4) is 0 Å². The molecule has 6 nitrogen and oxygen atoms in total. The van der Waals surface area contributed by atoms with E-state index in [1.807, 2.05) is 0 Å². The van der Waals surface area contributed by atoms with Crippen LogP contribution in [-0.2, 0) is 28.6 Å². The van der Waals surface area contributed by atoms with Crippen LogP contribution in [0.15, 0.2) is 0 Å². The maximum Gasteiger partial charge on any atom is 0.306 e. The van der Waals surface area contributed by atoms with Gasteiger partial charge in [0.15, 0.2) is 6.10 Å². The van der Waals surface area contributed by atoms with Crippen LogP contribution < -0.4 is 0 Å². The number of carbonyl (C=O) groups is 3. The van der Waals surface area contributed by atoms with Crippen molar-refractivity contribution in [1.82, 2.24) is 0 Å². The van der Waals surface area contributed by atoms with Crippen LogP contribution in [0.25, 0.3) is 0 Å². The van der Waals surface area contributed by atoms with Crippen LogP contribution in [0.5, 0.6) is 0 Å². The molecule has 0 aromatic rings. The highest BCUT2D eigenvalue weighted by Crippen LogP contribution is 2.17. The monoisotopic (exact) mass is 821 g/mol. The molecule has 0 aliphatic rings. The lowest BCUT2D eigenvalue weighted by Crippen LogP contribution is -2.30. The molecule has 0 fully saturated rings. The molecule has 0 radical (unpaired) electrons. The van der Waals surface area contributed by atoms with Crippen molar-refractivity contribution in [3.05, 3.63) is 0 Å². The first kappa shape index (κ1) is 56.4. The second-order valence-corrected chi connectivity index (χ2v) is 18.8. The van der Waals surface area contributed by atoms with Crippen LogP contribution in [0.4, 0.5) is 0 Å². The first-order valence-electron chi connectivity index (χ1n) is 25.7. The van der Waals surface area contributed by atoms with E-state index in [0.29, 0.717) is 19.3 Å². The van der Waals surface area contributed by atoms with Gasteiger partial charge in [0.25, 0.3) is 0 Å². The summed E-state index contributed by atoms with van der Waals surface area (Å²) in [6.45, 7) is 11.3. The molecule has 0 saturated carbocycles. The van der Waals surface area contributed by atoms with Crippen LogP contribution in [0, 0.1) is 11.8 Å². The summed E-state index contributed by atoms with van der Waals surface area (Å²) in [5.41, 5.74) is 0. The Hall–Kier alpha value is -1.59. The lowest BCUT2D eigenvalue weighted by atomic mass is 10.0. The van der Waals surface area contributed by atoms with Crippen LogP contribution in [0.2, 0.25) is 0 Å². The van der Waals surface area contributed by atoms with Crippen molar-refractivity contribution in [2.75, 3.05) is 13.2 Å². The van der Waals surface area contributed by atoms with Gasteiger partial charge in [-0.2, -0.15) is 0 Å². The van der Waals surface area contributed by atoms with Crippen molar-refractivity contribution in [2.45, 2.75) is 291 Å². The van der Waals surface area contributed by atoms with Crippen molar-refractivity contribution in [2.24, 2.45) is 11.8 Å². The van der Waals surface area contributed by atoms with E-state index in [-0.39, 0.29) is 31.1 Å². The third kappa shape index (κ3) is 45.5. The number of hydrogen-bond donors (Lipinski definition) is 0. The molecular weight excluding hydrogens is 721 g/mol. The summed E-state index contributed by atoms with van der Waals surface area (Å²) in [6, 6.07) is 0. The maximum atomic E-state index is 12.8. The third-order valence-electron chi connectivity index (χ3n) is 11.7. The van der Waals surface area contributed by atoms with Gasteiger partial charge in [-0.25, -0.2) is 0 Å². The van der Waals surface area contributed by atoms with Gasteiger partial charge in [0, 0.05) is 19.3 Å². The van der Waals surface area contributed by atoms with Gasteiger partial charge < -0.3 is 14.2 Å². The van der Waals surface area contributed by atoms with Crippen molar-refractivity contribution in [1.29, 1.82) is 0 Å². The van der Waals surface area contributed by atoms with Gasteiger partial charge >= 0.3 is 17.9 Å². The second kappa shape index (κ2) is 44.9. The first-order chi connectivity index (χ1) is 28.2. The topological polar surface area (TPSA) is 78.9 Å². The summed E-state index contributed by atoms with van der Waals surface area (Å²) in [5, 5.41) is 0. The van der Waals surface area contributed by atoms with Crippen molar-refractivity contribution >= 4 is 17.9 Å². The Labute approximate surface area is 361 Å². The number of unbranched alkanes of at least 4 members (excludes halogenated alkanes) is 31. The largest absolute Gasteiger partial charge is 0.462 e. The van der Waals surface area contributed by atoms with Gasteiger partial charge in [-0.3, -0.25) is 14.4 Å². The third-order valence-corrected chi connectivity index (χ3v) is 11.7. The van der Waals surface area contributed by atoms with E-state index >= 15 is 0 Å². The minimum absolute atomic E-state index is 0.0639. The smallest absolute Gasteiger partial charge is 0.306 e. The molecule has 0 aliphatic heterocycles. The molecular formula is C52H100O6. The molecule has 0 unspecified atom stereocenters. The van der Waals surface area contributed by atoms with Gasteiger partial charge in [-0.15, -0.1) is 0 Å². The number of carbonyl (C=O) groups excluding carboxylic acids is 3. The van der Waals surface area contributed by atoms with E-state index in [2.05, 4.69) is 34.6 Å². The van der Waals surface area contributed by atoms with Crippen LogP contribution in [0.1, 0.15) is 285 Å². The lowest BCUT2D eigenvalue weighted by molar-refractivity contribution is -0.167. The Bertz CT molecular complexity index is 885. The fourth-order valence-corrected chi connectivity index (χ4v) is 7.81. The first-order valence-corrected chi connectivity index (χ1v) is 25.7. The Kier molecular flexibility index (Phi) is 43.7. The Balaban J connectivity index is 4.30. The molecule has 58 heavy (non-hydrogen) atoms. The van der Waals surface area contributed by atoms with E-state index in [1.54, 1.807) is 0 Å². The van der Waals surface area contributed by atoms with Crippen LogP contribution >= 0.6 is 0 Å². The minimum atomic E-state index is -0.761. The number of rotatable bonds is 46. The van der Waals surface area contributed by atoms with Gasteiger partial charge in [-0.1, -0.05) is 247 Å². The van der Waals surface area contributed by atoms with Gasteiger partial charge in [0.2, 0.25) is 0 Å². The van der Waals surface area contributed by atoms with E-state index in [1.165, 1.54) is 173 Å². The zero-order chi connectivity index (χ0) is 42.6. The van der Waals surface area contributed by atoms with Crippen LogP contribution in [-0.4, -0.2) is 37.2 Å². The summed E-state index contributed by atoms with van der Waals surface area (Å²) in [4.78, 5) is 37.9. The number of esters is 3. The molecule has 6 heteroatoms. The zero-order valence-corrected chi connectivity index (χ0v) is 39.7. The fourth-order valence-electron chi connectivity index (χ4n) is 7.81. The Morgan fingerprint density at radius 3 is 0.845 bits per heavy atom. The van der Waals surface area contributed by atoms with E-state index in [4.69, 9.17) is 14.2 Å². The van der Waals surface area contributed by atoms with Crippen molar-refractivity contribution in [3.8, 4) is 0 Å². The zero-order valence-electron chi connectivity index (χ0n) is 39.7. The quantitative estimate of drug-likeness (QED) is 0.0346. The van der Waals surface area contributed by atoms with Crippen molar-refractivity contribution < 1.29 is 28.6 Å². The maximum absolute atomic E-state index is 12.8. The predicted molar refractivity (Wildman–Crippen MR) is 247 cm³/mol. The van der Waals surface area contributed by atoms with Gasteiger partial charge in [0.1, 0.15) is 13.2 Å². The summed E-state index contributed by atoms with van der Waals surface area (Å²) >= 11 is 0. The summed E-state index contributed by atoms with van der Waals surface area (Å²) in [7, 11) is 0. The van der Waals surface area contributed by atoms with E-state index in [0.717, 1.165) is 69.6 Å². The summed E-state index contributed by atoms with van der Waals surface area (Å²) < 4.78 is 16.8. The second-order valence-electron chi connectivity index (χ2n) is 18.8. The molecule has 0 N–H and O–H groups in total.